The molecule has 1 saturated heterocycles. The Morgan fingerprint density at radius 3 is 2.33 bits per heavy atom. The number of halogens is 2. The summed E-state index contributed by atoms with van der Waals surface area (Å²) in [6, 6.07) is 29.4. The number of ketones is 1. The van der Waals surface area contributed by atoms with Crippen molar-refractivity contribution < 1.29 is 14.3 Å². The number of ether oxygens (including phenoxy) is 2. The first-order valence-electron chi connectivity index (χ1n) is 14.2. The van der Waals surface area contributed by atoms with Gasteiger partial charge in [-0.3, -0.25) is 9.69 Å². The molecule has 2 heterocycles. The maximum atomic E-state index is 13.2. The number of benzene rings is 4. The topological polar surface area (TPSA) is 57.6 Å². The number of anilines is 3. The lowest BCUT2D eigenvalue weighted by Gasteiger charge is -2.34. The summed E-state index contributed by atoms with van der Waals surface area (Å²) in [4.78, 5) is 17.3. The van der Waals surface area contributed by atoms with Crippen LogP contribution >= 0.6 is 23.2 Å². The van der Waals surface area contributed by atoms with Crippen LogP contribution in [0.3, 0.4) is 0 Å². The van der Waals surface area contributed by atoms with Gasteiger partial charge in [0, 0.05) is 41.9 Å². The number of hydrogen-bond acceptors (Lipinski definition) is 7. The first-order valence-corrected chi connectivity index (χ1v) is 15.0. The Morgan fingerprint density at radius 1 is 0.907 bits per heavy atom. The van der Waals surface area contributed by atoms with Crippen molar-refractivity contribution in [3.8, 4) is 5.75 Å². The molecule has 2 aliphatic heterocycles. The fourth-order valence-corrected chi connectivity index (χ4v) is 5.89. The zero-order valence-electron chi connectivity index (χ0n) is 24.0. The number of morpholine rings is 1. The second kappa shape index (κ2) is 12.7. The number of para-hydroxylation sites is 1. The van der Waals surface area contributed by atoms with E-state index >= 15 is 0 Å². The molecule has 0 N–H and O–H groups in total. The van der Waals surface area contributed by atoms with Crippen LogP contribution in [0.5, 0.6) is 5.75 Å². The van der Waals surface area contributed by atoms with Crippen LogP contribution in [-0.2, 0) is 16.1 Å². The Balaban J connectivity index is 1.44. The second-order valence-corrected chi connectivity index (χ2v) is 11.4. The quantitative estimate of drug-likeness (QED) is 0.203. The van der Waals surface area contributed by atoms with Crippen molar-refractivity contribution >= 4 is 51.9 Å². The summed E-state index contributed by atoms with van der Waals surface area (Å²) in [7, 11) is 0. The molecule has 0 saturated carbocycles. The molecule has 43 heavy (non-hydrogen) atoms. The van der Waals surface area contributed by atoms with Crippen LogP contribution in [-0.4, -0.2) is 37.9 Å². The molecule has 0 aromatic heterocycles. The summed E-state index contributed by atoms with van der Waals surface area (Å²) < 4.78 is 11.9. The van der Waals surface area contributed by atoms with E-state index in [4.69, 9.17) is 37.8 Å². The SMILES string of the molecule is CC(=O)C1=NN(c2ccc(C)cc2)[C@H](c2ccccc2OCc2ccccc2Cl)N1c1ccc(N2CCOCC2)c(Cl)c1. The monoisotopic (exact) mass is 614 g/mol. The molecule has 1 atom stereocenters. The standard InChI is InChI=1S/C34H32Cl2N4O3/c1-23-11-13-26(14-12-23)40-34(28-8-4-6-10-32(28)43-22-25-7-3-5-9-29(25)35)39(33(37-40)24(2)41)27-15-16-31(30(36)21-27)38-17-19-42-20-18-38/h3-16,21,34H,17-20,22H2,1-2H3/t34-/m1/s1. The van der Waals surface area contributed by atoms with Gasteiger partial charge in [0.1, 0.15) is 12.4 Å². The molecule has 1 fully saturated rings. The second-order valence-electron chi connectivity index (χ2n) is 10.6. The fraction of sp³-hybridized carbons (Fsp3) is 0.235. The number of amidine groups is 1. The van der Waals surface area contributed by atoms with Crippen molar-refractivity contribution in [3.05, 3.63) is 118 Å². The van der Waals surface area contributed by atoms with Gasteiger partial charge in [-0.15, -0.1) is 5.10 Å². The first-order chi connectivity index (χ1) is 20.9. The van der Waals surface area contributed by atoms with Crippen LogP contribution in [0.2, 0.25) is 10.0 Å². The smallest absolute Gasteiger partial charge is 0.198 e. The summed E-state index contributed by atoms with van der Waals surface area (Å²) in [5.41, 5.74) is 5.36. The minimum Gasteiger partial charge on any atom is -0.488 e. The minimum absolute atomic E-state index is 0.164. The van der Waals surface area contributed by atoms with Gasteiger partial charge < -0.3 is 14.4 Å². The van der Waals surface area contributed by atoms with E-state index in [9.17, 15) is 4.79 Å². The van der Waals surface area contributed by atoms with Gasteiger partial charge in [-0.1, -0.05) is 77.3 Å². The summed E-state index contributed by atoms with van der Waals surface area (Å²) >= 11 is 13.4. The molecule has 9 heteroatoms. The van der Waals surface area contributed by atoms with Crippen LogP contribution in [0.15, 0.2) is 96.1 Å². The largest absolute Gasteiger partial charge is 0.488 e. The molecule has 7 nitrogen and oxygen atoms in total. The van der Waals surface area contributed by atoms with Crippen molar-refractivity contribution in [1.29, 1.82) is 0 Å². The lowest BCUT2D eigenvalue weighted by atomic mass is 10.1. The van der Waals surface area contributed by atoms with Gasteiger partial charge in [-0.2, -0.15) is 0 Å². The van der Waals surface area contributed by atoms with Crippen molar-refractivity contribution in [2.24, 2.45) is 5.10 Å². The van der Waals surface area contributed by atoms with E-state index in [0.29, 0.717) is 34.8 Å². The number of carbonyl (C=O) groups excluding carboxylic acids is 1. The number of hydrazone groups is 1. The van der Waals surface area contributed by atoms with E-state index in [1.807, 2.05) is 108 Å². The zero-order valence-corrected chi connectivity index (χ0v) is 25.6. The van der Waals surface area contributed by atoms with E-state index in [2.05, 4.69) is 4.90 Å². The molecule has 0 radical (unpaired) electrons. The van der Waals surface area contributed by atoms with E-state index < -0.39 is 6.17 Å². The molecule has 6 rings (SSSR count). The van der Waals surface area contributed by atoms with Crippen molar-refractivity contribution in [3.63, 3.8) is 0 Å². The highest BCUT2D eigenvalue weighted by Gasteiger charge is 2.41. The highest BCUT2D eigenvalue weighted by Crippen LogP contribution is 2.44. The van der Waals surface area contributed by atoms with Crippen LogP contribution in [0, 0.1) is 6.92 Å². The van der Waals surface area contributed by atoms with Crippen LogP contribution < -0.4 is 19.5 Å². The minimum atomic E-state index is -0.533. The van der Waals surface area contributed by atoms with Crippen molar-refractivity contribution in [1.82, 2.24) is 0 Å². The number of carbonyl (C=O) groups is 1. The fourth-order valence-electron chi connectivity index (χ4n) is 5.40. The number of hydrogen-bond donors (Lipinski definition) is 0. The number of Topliss-reactive ketones (excluding diaryl/α,β-unsaturated/α-hetero) is 1. The van der Waals surface area contributed by atoms with Gasteiger partial charge in [0.25, 0.3) is 0 Å². The highest BCUT2D eigenvalue weighted by atomic mass is 35.5. The van der Waals surface area contributed by atoms with Gasteiger partial charge in [0.2, 0.25) is 0 Å². The average molecular weight is 616 g/mol. The van der Waals surface area contributed by atoms with Gasteiger partial charge in [0.05, 0.1) is 29.6 Å². The third kappa shape index (κ3) is 6.07. The van der Waals surface area contributed by atoms with Crippen molar-refractivity contribution in [2.45, 2.75) is 26.6 Å². The summed E-state index contributed by atoms with van der Waals surface area (Å²) in [6.07, 6.45) is -0.533. The molecule has 0 unspecified atom stereocenters. The van der Waals surface area contributed by atoms with E-state index in [1.165, 1.54) is 6.92 Å². The molecule has 0 bridgehead atoms. The average Bonchev–Trinajstić information content (AvgIpc) is 3.42. The first kappa shape index (κ1) is 29.1. The third-order valence-electron chi connectivity index (χ3n) is 7.62. The molecule has 220 valence electrons. The van der Waals surface area contributed by atoms with Crippen LogP contribution in [0.25, 0.3) is 0 Å². The number of rotatable bonds is 8. The molecular weight excluding hydrogens is 583 g/mol. The Bertz CT molecular complexity index is 1650. The maximum absolute atomic E-state index is 13.2. The summed E-state index contributed by atoms with van der Waals surface area (Å²) in [6.45, 7) is 6.71. The number of aryl methyl sites for hydroxylation is 1. The molecule has 4 aromatic rings. The van der Waals surface area contributed by atoms with Crippen LogP contribution in [0.1, 0.15) is 29.8 Å². The molecule has 0 aliphatic carbocycles. The summed E-state index contributed by atoms with van der Waals surface area (Å²) in [5, 5.41) is 8.01. The normalized spacial score (nSPS) is 16.8. The van der Waals surface area contributed by atoms with E-state index in [1.54, 1.807) is 0 Å². The lowest BCUT2D eigenvalue weighted by Crippen LogP contribution is -2.38. The molecule has 2 aliphatic rings. The Hall–Kier alpha value is -4.04. The highest BCUT2D eigenvalue weighted by molar-refractivity contribution is 6.44. The molecular formula is C34H32Cl2N4O3. The third-order valence-corrected chi connectivity index (χ3v) is 8.29. The Labute approximate surface area is 261 Å². The maximum Gasteiger partial charge on any atom is 0.198 e. The lowest BCUT2D eigenvalue weighted by molar-refractivity contribution is -0.111. The predicted octanol–water partition coefficient (Wildman–Crippen LogP) is 7.65. The number of nitrogens with zero attached hydrogens (tertiary/aromatic N) is 4. The zero-order chi connectivity index (χ0) is 29.9. The summed E-state index contributed by atoms with van der Waals surface area (Å²) in [5.74, 6) is 0.801. The van der Waals surface area contributed by atoms with Gasteiger partial charge in [0.15, 0.2) is 17.8 Å². The Morgan fingerprint density at radius 2 is 1.60 bits per heavy atom. The van der Waals surface area contributed by atoms with Gasteiger partial charge in [-0.25, -0.2) is 5.01 Å². The molecule has 0 spiro atoms. The predicted molar refractivity (Wildman–Crippen MR) is 174 cm³/mol. The van der Waals surface area contributed by atoms with E-state index in [-0.39, 0.29) is 12.4 Å². The van der Waals surface area contributed by atoms with E-state index in [0.717, 1.165) is 46.8 Å². The van der Waals surface area contributed by atoms with Crippen molar-refractivity contribution in [2.75, 3.05) is 41.1 Å². The Kier molecular flexibility index (Phi) is 8.56. The molecule has 4 aromatic carbocycles. The van der Waals surface area contributed by atoms with Crippen LogP contribution in [0.4, 0.5) is 17.1 Å². The molecule has 0 amide bonds. The van der Waals surface area contributed by atoms with Gasteiger partial charge >= 0.3 is 0 Å². The van der Waals surface area contributed by atoms with Gasteiger partial charge in [-0.05, 0) is 49.4 Å².